The van der Waals surface area contributed by atoms with Crippen molar-refractivity contribution in [3.8, 4) is 0 Å². The molecule has 4 nitrogen and oxygen atoms in total. The van der Waals surface area contributed by atoms with E-state index >= 15 is 0 Å². The molecule has 0 spiro atoms. The fourth-order valence-corrected chi connectivity index (χ4v) is 1.55. The standard InChI is InChI=1S/C11H22N4/c1-9(2)14-7-10(11(3,4)12)15-6-5-13-8-15/h5-6,8-10,14H,7,12H2,1-4H3. The molecule has 1 atom stereocenters. The Labute approximate surface area is 91.9 Å². The molecule has 86 valence electrons. The van der Waals surface area contributed by atoms with Crippen LogP contribution in [-0.4, -0.2) is 27.7 Å². The zero-order valence-corrected chi connectivity index (χ0v) is 10.1. The van der Waals surface area contributed by atoms with Crippen molar-refractivity contribution in [3.63, 3.8) is 0 Å². The predicted molar refractivity (Wildman–Crippen MR) is 62.7 cm³/mol. The summed E-state index contributed by atoms with van der Waals surface area (Å²) in [7, 11) is 0. The van der Waals surface area contributed by atoms with Crippen LogP contribution in [0.3, 0.4) is 0 Å². The summed E-state index contributed by atoms with van der Waals surface area (Å²) in [5.74, 6) is 0. The Kier molecular flexibility index (Phi) is 3.88. The molecule has 1 heterocycles. The minimum atomic E-state index is -0.261. The van der Waals surface area contributed by atoms with Crippen LogP contribution < -0.4 is 11.1 Å². The average molecular weight is 210 g/mol. The maximum Gasteiger partial charge on any atom is 0.0949 e. The first kappa shape index (κ1) is 12.2. The Balaban J connectivity index is 2.71. The van der Waals surface area contributed by atoms with Crippen LogP contribution in [0.15, 0.2) is 18.7 Å². The van der Waals surface area contributed by atoms with Crippen LogP contribution in [-0.2, 0) is 0 Å². The van der Waals surface area contributed by atoms with E-state index in [4.69, 9.17) is 5.73 Å². The number of aromatic nitrogens is 2. The number of hydrogen-bond acceptors (Lipinski definition) is 3. The van der Waals surface area contributed by atoms with E-state index in [9.17, 15) is 0 Å². The molecule has 0 bridgehead atoms. The monoisotopic (exact) mass is 210 g/mol. The van der Waals surface area contributed by atoms with Crippen molar-refractivity contribution in [2.75, 3.05) is 6.54 Å². The van der Waals surface area contributed by atoms with Crippen molar-refractivity contribution in [1.29, 1.82) is 0 Å². The first-order valence-electron chi connectivity index (χ1n) is 5.41. The van der Waals surface area contributed by atoms with E-state index in [1.165, 1.54) is 0 Å². The molecule has 1 aromatic rings. The van der Waals surface area contributed by atoms with Crippen LogP contribution in [0.25, 0.3) is 0 Å². The fourth-order valence-electron chi connectivity index (χ4n) is 1.55. The normalized spacial score (nSPS) is 14.5. The Morgan fingerprint density at radius 3 is 2.53 bits per heavy atom. The van der Waals surface area contributed by atoms with Gasteiger partial charge in [-0.3, -0.25) is 0 Å². The quantitative estimate of drug-likeness (QED) is 0.767. The topological polar surface area (TPSA) is 55.9 Å². The van der Waals surface area contributed by atoms with Gasteiger partial charge in [0.25, 0.3) is 0 Å². The molecule has 1 aromatic heterocycles. The first-order valence-corrected chi connectivity index (χ1v) is 5.41. The second kappa shape index (κ2) is 4.77. The van der Waals surface area contributed by atoms with Gasteiger partial charge < -0.3 is 15.6 Å². The molecule has 0 amide bonds. The van der Waals surface area contributed by atoms with E-state index in [1.54, 1.807) is 6.20 Å². The van der Waals surface area contributed by atoms with Crippen molar-refractivity contribution in [2.24, 2.45) is 5.73 Å². The summed E-state index contributed by atoms with van der Waals surface area (Å²) in [5, 5.41) is 3.41. The Bertz CT molecular complexity index is 271. The van der Waals surface area contributed by atoms with Crippen LogP contribution >= 0.6 is 0 Å². The van der Waals surface area contributed by atoms with Gasteiger partial charge in [-0.1, -0.05) is 13.8 Å². The molecule has 3 N–H and O–H groups in total. The van der Waals surface area contributed by atoms with Gasteiger partial charge in [0.15, 0.2) is 0 Å². The maximum absolute atomic E-state index is 6.17. The second-order valence-electron chi connectivity index (χ2n) is 4.91. The molecule has 0 saturated heterocycles. The summed E-state index contributed by atoms with van der Waals surface area (Å²) in [6.45, 7) is 9.21. The zero-order chi connectivity index (χ0) is 11.5. The Hall–Kier alpha value is -0.870. The van der Waals surface area contributed by atoms with Gasteiger partial charge in [0.05, 0.1) is 12.4 Å². The van der Waals surface area contributed by atoms with Crippen LogP contribution in [0.5, 0.6) is 0 Å². The van der Waals surface area contributed by atoms with Gasteiger partial charge in [-0.15, -0.1) is 0 Å². The third-order valence-corrected chi connectivity index (χ3v) is 2.46. The van der Waals surface area contributed by atoms with Gasteiger partial charge in [0.1, 0.15) is 0 Å². The minimum absolute atomic E-state index is 0.224. The SMILES string of the molecule is CC(C)NCC(n1ccnc1)C(C)(C)N. The molecular weight excluding hydrogens is 188 g/mol. The molecule has 0 aliphatic rings. The Morgan fingerprint density at radius 1 is 1.47 bits per heavy atom. The van der Waals surface area contributed by atoms with Crippen LogP contribution in [0, 0.1) is 0 Å². The van der Waals surface area contributed by atoms with Crippen molar-refractivity contribution in [1.82, 2.24) is 14.9 Å². The largest absolute Gasteiger partial charge is 0.331 e. The molecule has 0 aliphatic heterocycles. The summed E-state index contributed by atoms with van der Waals surface area (Å²) in [6, 6.07) is 0.695. The highest BCUT2D eigenvalue weighted by atomic mass is 15.1. The number of nitrogens with zero attached hydrogens (tertiary/aromatic N) is 2. The van der Waals surface area contributed by atoms with Crippen molar-refractivity contribution >= 4 is 0 Å². The molecular formula is C11H22N4. The molecule has 0 aromatic carbocycles. The highest BCUT2D eigenvalue weighted by Gasteiger charge is 2.26. The molecule has 1 rings (SSSR count). The third-order valence-electron chi connectivity index (χ3n) is 2.46. The number of hydrogen-bond donors (Lipinski definition) is 2. The van der Waals surface area contributed by atoms with Gasteiger partial charge >= 0.3 is 0 Å². The van der Waals surface area contributed by atoms with Gasteiger partial charge in [-0.25, -0.2) is 4.98 Å². The number of rotatable bonds is 5. The number of nitrogens with two attached hydrogens (primary N) is 1. The minimum Gasteiger partial charge on any atom is -0.331 e. The zero-order valence-electron chi connectivity index (χ0n) is 10.1. The summed E-state index contributed by atoms with van der Waals surface area (Å²) >= 11 is 0. The average Bonchev–Trinajstić information content (AvgIpc) is 2.54. The number of imidazole rings is 1. The fraction of sp³-hybridized carbons (Fsp3) is 0.727. The van der Waals surface area contributed by atoms with E-state index < -0.39 is 0 Å². The number of nitrogens with one attached hydrogen (secondary N) is 1. The smallest absolute Gasteiger partial charge is 0.0949 e. The van der Waals surface area contributed by atoms with Gasteiger partial charge in [0, 0.05) is 30.5 Å². The summed E-state index contributed by atoms with van der Waals surface area (Å²) in [5.41, 5.74) is 5.91. The lowest BCUT2D eigenvalue weighted by molar-refractivity contribution is 0.297. The summed E-state index contributed by atoms with van der Waals surface area (Å²) < 4.78 is 2.06. The molecule has 4 heteroatoms. The molecule has 0 fully saturated rings. The lowest BCUT2D eigenvalue weighted by Crippen LogP contribution is -2.47. The van der Waals surface area contributed by atoms with E-state index in [0.717, 1.165) is 6.54 Å². The third kappa shape index (κ3) is 3.64. The predicted octanol–water partition coefficient (Wildman–Crippen LogP) is 1.16. The van der Waals surface area contributed by atoms with Gasteiger partial charge in [-0.2, -0.15) is 0 Å². The molecule has 0 aliphatic carbocycles. The van der Waals surface area contributed by atoms with Crippen LogP contribution in [0.2, 0.25) is 0 Å². The van der Waals surface area contributed by atoms with Crippen molar-refractivity contribution < 1.29 is 0 Å². The van der Waals surface area contributed by atoms with Crippen molar-refractivity contribution in [3.05, 3.63) is 18.7 Å². The van der Waals surface area contributed by atoms with Crippen LogP contribution in [0.4, 0.5) is 0 Å². The highest BCUT2D eigenvalue weighted by molar-refractivity contribution is 4.93. The molecule has 15 heavy (non-hydrogen) atoms. The van der Waals surface area contributed by atoms with E-state index in [1.807, 2.05) is 26.4 Å². The lowest BCUT2D eigenvalue weighted by atomic mass is 9.95. The lowest BCUT2D eigenvalue weighted by Gasteiger charge is -2.32. The van der Waals surface area contributed by atoms with Crippen LogP contribution in [0.1, 0.15) is 33.7 Å². The molecule has 0 radical (unpaired) electrons. The summed E-state index contributed by atoms with van der Waals surface area (Å²) in [4.78, 5) is 4.06. The maximum atomic E-state index is 6.17. The van der Waals surface area contributed by atoms with E-state index in [2.05, 4.69) is 28.7 Å². The van der Waals surface area contributed by atoms with E-state index in [-0.39, 0.29) is 11.6 Å². The first-order chi connectivity index (χ1) is 6.91. The highest BCUT2D eigenvalue weighted by Crippen LogP contribution is 2.18. The Morgan fingerprint density at radius 2 is 2.13 bits per heavy atom. The van der Waals surface area contributed by atoms with Gasteiger partial charge in [0.2, 0.25) is 0 Å². The molecule has 1 unspecified atom stereocenters. The van der Waals surface area contributed by atoms with Crippen molar-refractivity contribution in [2.45, 2.75) is 45.3 Å². The van der Waals surface area contributed by atoms with E-state index in [0.29, 0.717) is 6.04 Å². The summed E-state index contributed by atoms with van der Waals surface area (Å²) in [6.07, 6.45) is 5.57. The second-order valence-corrected chi connectivity index (χ2v) is 4.91. The van der Waals surface area contributed by atoms with Gasteiger partial charge in [-0.05, 0) is 13.8 Å². The molecule has 0 saturated carbocycles.